The lowest BCUT2D eigenvalue weighted by Crippen LogP contribution is -2.21. The van der Waals surface area contributed by atoms with Crippen LogP contribution >= 0.6 is 0 Å². The zero-order chi connectivity index (χ0) is 23.8. The fourth-order valence-corrected chi connectivity index (χ4v) is 4.21. The van der Waals surface area contributed by atoms with Crippen molar-refractivity contribution >= 4 is 27.3 Å². The number of aromatic nitrogens is 2. The minimum Gasteiger partial charge on any atom is -0.337 e. The van der Waals surface area contributed by atoms with E-state index in [0.29, 0.717) is 22.8 Å². The molecule has 1 saturated carbocycles. The van der Waals surface area contributed by atoms with Crippen molar-refractivity contribution in [2.45, 2.75) is 44.6 Å². The lowest BCUT2D eigenvalue weighted by Gasteiger charge is -2.12. The van der Waals surface area contributed by atoms with Gasteiger partial charge in [-0.2, -0.15) is 4.98 Å². The minimum absolute atomic E-state index is 0.0216. The van der Waals surface area contributed by atoms with E-state index in [1.54, 1.807) is 36.4 Å². The summed E-state index contributed by atoms with van der Waals surface area (Å²) in [5.74, 6) is 0.661. The van der Waals surface area contributed by atoms with Gasteiger partial charge in [0.05, 0.1) is 10.9 Å². The molecule has 33 heavy (non-hydrogen) atoms. The molecule has 0 aliphatic heterocycles. The van der Waals surface area contributed by atoms with Crippen LogP contribution in [-0.2, 0) is 14.8 Å². The Morgan fingerprint density at radius 1 is 1.12 bits per heavy atom. The van der Waals surface area contributed by atoms with Crippen LogP contribution < -0.4 is 15.8 Å². The molecular formula is C23H27N5O4S. The smallest absolute Gasteiger partial charge is 0.261 e. The van der Waals surface area contributed by atoms with Crippen molar-refractivity contribution in [3.63, 3.8) is 0 Å². The van der Waals surface area contributed by atoms with Crippen molar-refractivity contribution in [3.8, 4) is 11.4 Å². The van der Waals surface area contributed by atoms with E-state index in [4.69, 9.17) is 10.3 Å². The second kappa shape index (κ2) is 8.60. The Hall–Kier alpha value is -3.24. The van der Waals surface area contributed by atoms with Crippen molar-refractivity contribution in [1.29, 1.82) is 0 Å². The van der Waals surface area contributed by atoms with E-state index in [0.717, 1.165) is 12.8 Å². The van der Waals surface area contributed by atoms with Gasteiger partial charge < -0.3 is 15.6 Å². The van der Waals surface area contributed by atoms with Gasteiger partial charge in [0, 0.05) is 22.4 Å². The number of carbonyl (C=O) groups excluding carboxylic acids is 1. The highest BCUT2D eigenvalue weighted by atomic mass is 32.2. The van der Waals surface area contributed by atoms with Gasteiger partial charge in [0.25, 0.3) is 10.0 Å². The summed E-state index contributed by atoms with van der Waals surface area (Å²) in [7, 11) is -3.86. The predicted octanol–water partition coefficient (Wildman–Crippen LogP) is 3.93. The lowest BCUT2D eigenvalue weighted by atomic mass is 10.1. The van der Waals surface area contributed by atoms with Crippen LogP contribution in [0.5, 0.6) is 0 Å². The summed E-state index contributed by atoms with van der Waals surface area (Å²) in [6.07, 6.45) is 1.76. The summed E-state index contributed by atoms with van der Waals surface area (Å²) in [4.78, 5) is 16.5. The van der Waals surface area contributed by atoms with E-state index in [1.807, 2.05) is 20.8 Å². The molecule has 10 heteroatoms. The summed E-state index contributed by atoms with van der Waals surface area (Å²) < 4.78 is 33.6. The molecule has 9 nitrogen and oxygen atoms in total. The minimum atomic E-state index is -3.86. The molecule has 1 heterocycles. The summed E-state index contributed by atoms with van der Waals surface area (Å²) in [6, 6.07) is 12.4. The second-order valence-electron chi connectivity index (χ2n) is 8.95. The predicted molar refractivity (Wildman–Crippen MR) is 125 cm³/mol. The van der Waals surface area contributed by atoms with E-state index >= 15 is 0 Å². The maximum absolute atomic E-state index is 12.9. The first-order valence-electron chi connectivity index (χ1n) is 10.7. The average Bonchev–Trinajstić information content (AvgIpc) is 3.35. The van der Waals surface area contributed by atoms with Crippen LogP contribution in [0.4, 0.5) is 11.4 Å². The van der Waals surface area contributed by atoms with E-state index in [1.165, 1.54) is 12.1 Å². The van der Waals surface area contributed by atoms with Gasteiger partial charge in [-0.15, -0.1) is 0 Å². The number of anilines is 2. The number of hydrogen-bond donors (Lipinski definition) is 3. The quantitative estimate of drug-likeness (QED) is 0.454. The molecule has 3 aromatic rings. The molecule has 1 atom stereocenters. The third-order valence-corrected chi connectivity index (χ3v) is 7.17. The molecule has 1 aliphatic carbocycles. The van der Waals surface area contributed by atoms with E-state index < -0.39 is 16.1 Å². The van der Waals surface area contributed by atoms with Crippen LogP contribution in [0.3, 0.4) is 0 Å². The van der Waals surface area contributed by atoms with Gasteiger partial charge >= 0.3 is 0 Å². The molecule has 1 amide bonds. The molecule has 0 radical (unpaired) electrons. The largest absolute Gasteiger partial charge is 0.337 e. The zero-order valence-electron chi connectivity index (χ0n) is 18.7. The number of sulfonamides is 1. The zero-order valence-corrected chi connectivity index (χ0v) is 19.5. The van der Waals surface area contributed by atoms with Crippen molar-refractivity contribution in [3.05, 3.63) is 54.4 Å². The van der Waals surface area contributed by atoms with Gasteiger partial charge in [0.1, 0.15) is 0 Å². The van der Waals surface area contributed by atoms with Gasteiger partial charge in [0.15, 0.2) is 0 Å². The van der Waals surface area contributed by atoms with Crippen molar-refractivity contribution < 1.29 is 17.7 Å². The van der Waals surface area contributed by atoms with Crippen LogP contribution in [0.1, 0.15) is 45.5 Å². The summed E-state index contributed by atoms with van der Waals surface area (Å²) >= 11 is 0. The molecule has 4 rings (SSSR count). The molecule has 4 N–H and O–H groups in total. The van der Waals surface area contributed by atoms with Crippen LogP contribution in [-0.4, -0.2) is 24.5 Å². The van der Waals surface area contributed by atoms with Crippen molar-refractivity contribution in [2.24, 2.45) is 17.1 Å². The van der Waals surface area contributed by atoms with Crippen LogP contribution in [0.15, 0.2) is 57.9 Å². The Morgan fingerprint density at radius 3 is 2.42 bits per heavy atom. The lowest BCUT2D eigenvalue weighted by molar-refractivity contribution is -0.120. The number of rotatable bonds is 8. The SMILES string of the molecule is CC(C)C(N)c1nc(-c2cccc(S(=O)(=O)Nc3ccc(NC(=O)C4(C)CC4)cc3)c2)no1. The van der Waals surface area contributed by atoms with Gasteiger partial charge in [-0.25, -0.2) is 8.42 Å². The maximum atomic E-state index is 12.9. The highest BCUT2D eigenvalue weighted by Gasteiger charge is 2.44. The third kappa shape index (κ3) is 5.07. The van der Waals surface area contributed by atoms with Crippen molar-refractivity contribution in [1.82, 2.24) is 10.1 Å². The first-order chi connectivity index (χ1) is 15.6. The second-order valence-corrected chi connectivity index (χ2v) is 10.6. The normalized spacial score (nSPS) is 15.8. The Labute approximate surface area is 192 Å². The maximum Gasteiger partial charge on any atom is 0.261 e. The molecule has 1 aromatic heterocycles. The van der Waals surface area contributed by atoms with E-state index in [-0.39, 0.29) is 28.0 Å². The van der Waals surface area contributed by atoms with Gasteiger partial charge in [-0.1, -0.05) is 38.1 Å². The number of nitrogens with two attached hydrogens (primary N) is 1. The number of nitrogens with one attached hydrogen (secondary N) is 2. The van der Waals surface area contributed by atoms with E-state index in [9.17, 15) is 13.2 Å². The molecule has 0 spiro atoms. The van der Waals surface area contributed by atoms with Crippen molar-refractivity contribution in [2.75, 3.05) is 10.0 Å². The van der Waals surface area contributed by atoms with Gasteiger partial charge in [0.2, 0.25) is 17.6 Å². The number of hydrogen-bond acceptors (Lipinski definition) is 7. The highest BCUT2D eigenvalue weighted by molar-refractivity contribution is 7.92. The molecule has 1 aliphatic rings. The molecular weight excluding hydrogens is 442 g/mol. The monoisotopic (exact) mass is 469 g/mol. The molecule has 1 fully saturated rings. The molecule has 0 bridgehead atoms. The first kappa shape index (κ1) is 22.9. The fourth-order valence-electron chi connectivity index (χ4n) is 3.11. The van der Waals surface area contributed by atoms with Gasteiger partial charge in [-0.05, 0) is 55.2 Å². The van der Waals surface area contributed by atoms with E-state index in [2.05, 4.69) is 20.2 Å². The third-order valence-electron chi connectivity index (χ3n) is 5.79. The van der Waals surface area contributed by atoms with Crippen LogP contribution in [0.2, 0.25) is 0 Å². The standard InChI is InChI=1S/C23H27N5O4S/c1-14(2)19(24)21-26-20(27-32-21)15-5-4-6-18(13-15)33(30,31)28-17-9-7-16(8-10-17)25-22(29)23(3)11-12-23/h4-10,13-14,19,28H,11-12,24H2,1-3H3,(H,25,29). The fraction of sp³-hybridized carbons (Fsp3) is 0.348. The molecule has 2 aromatic carbocycles. The molecule has 1 unspecified atom stereocenters. The summed E-state index contributed by atoms with van der Waals surface area (Å²) in [6.45, 7) is 5.81. The Morgan fingerprint density at radius 2 is 1.79 bits per heavy atom. The first-order valence-corrected chi connectivity index (χ1v) is 12.2. The summed E-state index contributed by atoms with van der Waals surface area (Å²) in [5.41, 5.74) is 7.25. The van der Waals surface area contributed by atoms with Crippen LogP contribution in [0.25, 0.3) is 11.4 Å². The number of amides is 1. The highest BCUT2D eigenvalue weighted by Crippen LogP contribution is 2.45. The summed E-state index contributed by atoms with van der Waals surface area (Å²) in [5, 5.41) is 6.80. The average molecular weight is 470 g/mol. The molecule has 0 saturated heterocycles. The van der Waals surface area contributed by atoms with Gasteiger partial charge in [-0.3, -0.25) is 9.52 Å². The Bertz CT molecular complexity index is 1260. The molecule has 174 valence electrons. The Kier molecular flexibility index (Phi) is 5.98. The number of nitrogens with zero attached hydrogens (tertiary/aromatic N) is 2. The topological polar surface area (TPSA) is 140 Å². The number of benzene rings is 2. The number of carbonyl (C=O) groups is 1. The Balaban J connectivity index is 1.48. The van der Waals surface area contributed by atoms with Crippen LogP contribution in [0, 0.1) is 11.3 Å².